The number of phenols is 1. The predicted octanol–water partition coefficient (Wildman–Crippen LogP) is 14.4. The SMILES string of the molecule is C=C(CCC1=CC(C(C)(C)C)=C(C)C(C(C)(C)C)C1)CCC(CCC)(CCCCCCc1cc(C(C)(C)C)c(O)c(C(C)(C)C)c1)COC. The van der Waals surface area contributed by atoms with Crippen LogP contribution in [-0.4, -0.2) is 18.8 Å². The number of aromatic hydroxyl groups is 1. The molecule has 1 aromatic rings. The normalized spacial score (nSPS) is 17.7. The first-order valence-corrected chi connectivity index (χ1v) is 19.9. The second kappa shape index (κ2) is 17.6. The smallest absolute Gasteiger partial charge is 0.123 e. The fourth-order valence-corrected chi connectivity index (χ4v) is 8.41. The van der Waals surface area contributed by atoms with Gasteiger partial charge < -0.3 is 9.84 Å². The summed E-state index contributed by atoms with van der Waals surface area (Å²) in [6.07, 6.45) is 18.0. The third-order valence-corrected chi connectivity index (χ3v) is 11.4. The molecule has 0 aromatic heterocycles. The van der Waals surface area contributed by atoms with Gasteiger partial charge in [-0.2, -0.15) is 0 Å². The molecule has 0 spiro atoms. The van der Waals surface area contributed by atoms with Crippen LogP contribution in [0.2, 0.25) is 0 Å². The van der Waals surface area contributed by atoms with Crippen LogP contribution in [-0.2, 0) is 22.0 Å². The van der Waals surface area contributed by atoms with E-state index < -0.39 is 0 Å². The largest absolute Gasteiger partial charge is 0.507 e. The molecule has 0 fully saturated rings. The lowest BCUT2D eigenvalue weighted by molar-refractivity contribution is 0.0549. The van der Waals surface area contributed by atoms with Crippen LogP contribution < -0.4 is 0 Å². The molecule has 0 saturated carbocycles. The van der Waals surface area contributed by atoms with E-state index in [9.17, 15) is 5.11 Å². The van der Waals surface area contributed by atoms with Crippen molar-refractivity contribution in [3.05, 3.63) is 63.8 Å². The second-order valence-corrected chi connectivity index (χ2v) is 20.2. The van der Waals surface area contributed by atoms with Crippen molar-refractivity contribution < 1.29 is 9.84 Å². The fourth-order valence-electron chi connectivity index (χ4n) is 8.41. The number of rotatable bonds is 17. The summed E-state index contributed by atoms with van der Waals surface area (Å²) < 4.78 is 5.90. The van der Waals surface area contributed by atoms with Crippen molar-refractivity contribution >= 4 is 0 Å². The van der Waals surface area contributed by atoms with E-state index in [1.54, 1.807) is 16.7 Å². The zero-order chi connectivity index (χ0) is 37.4. The van der Waals surface area contributed by atoms with Crippen molar-refractivity contribution in [3.63, 3.8) is 0 Å². The van der Waals surface area contributed by atoms with Gasteiger partial charge in [0.05, 0.1) is 6.61 Å². The molecule has 280 valence electrons. The number of hydrogen-bond donors (Lipinski definition) is 1. The second-order valence-electron chi connectivity index (χ2n) is 20.2. The zero-order valence-corrected chi connectivity index (χ0v) is 35.3. The first kappa shape index (κ1) is 43.4. The fraction of sp³-hybridized carbons (Fsp3) is 0.745. The van der Waals surface area contributed by atoms with Gasteiger partial charge in [0, 0.05) is 7.11 Å². The standard InChI is InChI=1S/C47H80O2/c1-17-26-47(33-49-16,27-21-19-18-20-22-36-31-40(45(10,11)12)42(48)41(32-36)46(13,14)15)28-25-34(2)23-24-37-29-38(43(4,5)6)35(3)39(30-37)44(7,8)9/h29,31-32,39,48H,2,17-28,30,33H2,1,3-16H3. The van der Waals surface area contributed by atoms with Gasteiger partial charge >= 0.3 is 0 Å². The summed E-state index contributed by atoms with van der Waals surface area (Å²) in [7, 11) is 1.89. The third-order valence-electron chi connectivity index (χ3n) is 11.4. The highest BCUT2D eigenvalue weighted by molar-refractivity contribution is 5.50. The van der Waals surface area contributed by atoms with E-state index in [1.807, 2.05) is 7.11 Å². The van der Waals surface area contributed by atoms with E-state index in [-0.39, 0.29) is 27.1 Å². The molecular weight excluding hydrogens is 597 g/mol. The summed E-state index contributed by atoms with van der Waals surface area (Å²) in [5.74, 6) is 1.09. The van der Waals surface area contributed by atoms with Crippen LogP contribution in [0.15, 0.2) is 47.1 Å². The number of allylic oxidation sites excluding steroid dienone is 5. The highest BCUT2D eigenvalue weighted by Crippen LogP contribution is 2.47. The average Bonchev–Trinajstić information content (AvgIpc) is 2.95. The molecule has 2 rings (SSSR count). The Labute approximate surface area is 305 Å². The highest BCUT2D eigenvalue weighted by Gasteiger charge is 2.34. The molecule has 2 heteroatoms. The highest BCUT2D eigenvalue weighted by atomic mass is 16.5. The quantitative estimate of drug-likeness (QED) is 0.131. The van der Waals surface area contributed by atoms with E-state index in [4.69, 9.17) is 4.74 Å². The molecule has 0 amide bonds. The van der Waals surface area contributed by atoms with Gasteiger partial charge in [-0.3, -0.25) is 0 Å². The Morgan fingerprint density at radius 1 is 0.776 bits per heavy atom. The Morgan fingerprint density at radius 3 is 1.84 bits per heavy atom. The number of methoxy groups -OCH3 is 1. The Balaban J connectivity index is 1.99. The van der Waals surface area contributed by atoms with Crippen LogP contribution in [0.4, 0.5) is 0 Å². The van der Waals surface area contributed by atoms with Gasteiger partial charge in [-0.15, -0.1) is 0 Å². The zero-order valence-electron chi connectivity index (χ0n) is 35.3. The molecule has 0 radical (unpaired) electrons. The minimum atomic E-state index is -0.0793. The van der Waals surface area contributed by atoms with Crippen LogP contribution in [0.1, 0.15) is 191 Å². The van der Waals surface area contributed by atoms with Crippen molar-refractivity contribution in [3.8, 4) is 5.75 Å². The van der Waals surface area contributed by atoms with E-state index >= 15 is 0 Å². The molecule has 0 saturated heterocycles. The number of phenolic OH excluding ortho intramolecular Hbond substituents is 1. The molecule has 2 atom stereocenters. The summed E-state index contributed by atoms with van der Waals surface area (Å²) in [5, 5.41) is 11.1. The summed E-state index contributed by atoms with van der Waals surface area (Å²) in [5.41, 5.74) is 10.2. The number of benzene rings is 1. The van der Waals surface area contributed by atoms with Gasteiger partial charge in [-0.1, -0.05) is 157 Å². The number of hydrogen-bond acceptors (Lipinski definition) is 2. The lowest BCUT2D eigenvalue weighted by Gasteiger charge is -2.39. The van der Waals surface area contributed by atoms with E-state index in [1.165, 1.54) is 68.9 Å². The minimum absolute atomic E-state index is 0.0793. The van der Waals surface area contributed by atoms with E-state index in [0.29, 0.717) is 11.7 Å². The maximum absolute atomic E-state index is 11.1. The van der Waals surface area contributed by atoms with Gasteiger partial charge in [0.2, 0.25) is 0 Å². The predicted molar refractivity (Wildman–Crippen MR) is 217 cm³/mol. The first-order chi connectivity index (χ1) is 22.4. The molecule has 1 aliphatic rings. The van der Waals surface area contributed by atoms with Crippen molar-refractivity contribution in [2.75, 3.05) is 13.7 Å². The molecule has 2 nitrogen and oxygen atoms in total. The average molecular weight is 677 g/mol. The molecule has 0 aliphatic heterocycles. The Hall–Kier alpha value is -1.80. The molecule has 49 heavy (non-hydrogen) atoms. The molecule has 1 aromatic carbocycles. The summed E-state index contributed by atoms with van der Waals surface area (Å²) in [6.45, 7) is 37.7. The number of ether oxygens (including phenoxy) is 1. The summed E-state index contributed by atoms with van der Waals surface area (Å²) >= 11 is 0. The van der Waals surface area contributed by atoms with Gasteiger partial charge in [-0.05, 0) is 120 Å². The van der Waals surface area contributed by atoms with Crippen LogP contribution in [0.25, 0.3) is 0 Å². The van der Waals surface area contributed by atoms with Gasteiger partial charge in [0.25, 0.3) is 0 Å². The van der Waals surface area contributed by atoms with Crippen LogP contribution >= 0.6 is 0 Å². The van der Waals surface area contributed by atoms with Crippen molar-refractivity contribution in [2.45, 2.75) is 191 Å². The monoisotopic (exact) mass is 677 g/mol. The maximum atomic E-state index is 11.1. The Kier molecular flexibility index (Phi) is 15.6. The van der Waals surface area contributed by atoms with Crippen molar-refractivity contribution in [1.82, 2.24) is 0 Å². The lowest BCUT2D eigenvalue weighted by atomic mass is 9.66. The minimum Gasteiger partial charge on any atom is -0.507 e. The van der Waals surface area contributed by atoms with E-state index in [0.717, 1.165) is 43.4 Å². The molecule has 0 heterocycles. The maximum Gasteiger partial charge on any atom is 0.123 e. The molecule has 2 unspecified atom stereocenters. The third kappa shape index (κ3) is 13.0. The van der Waals surface area contributed by atoms with Gasteiger partial charge in [0.1, 0.15) is 5.75 Å². The summed E-state index contributed by atoms with van der Waals surface area (Å²) in [6, 6.07) is 4.52. The summed E-state index contributed by atoms with van der Waals surface area (Å²) in [4.78, 5) is 0. The van der Waals surface area contributed by atoms with Crippen LogP contribution in [0.3, 0.4) is 0 Å². The molecule has 1 N–H and O–H groups in total. The van der Waals surface area contributed by atoms with Gasteiger partial charge in [0.15, 0.2) is 0 Å². The van der Waals surface area contributed by atoms with Crippen molar-refractivity contribution in [1.29, 1.82) is 0 Å². The number of aryl methyl sites for hydroxylation is 1. The van der Waals surface area contributed by atoms with Gasteiger partial charge in [-0.25, -0.2) is 0 Å². The van der Waals surface area contributed by atoms with E-state index in [2.05, 4.69) is 122 Å². The first-order valence-electron chi connectivity index (χ1n) is 19.9. The Bertz CT molecular complexity index is 1230. The Morgan fingerprint density at radius 2 is 1.35 bits per heavy atom. The van der Waals surface area contributed by atoms with Crippen LogP contribution in [0.5, 0.6) is 5.75 Å². The molecule has 0 bridgehead atoms. The molecule has 1 aliphatic carbocycles. The number of unbranched alkanes of at least 4 members (excludes halogenated alkanes) is 3. The van der Waals surface area contributed by atoms with Crippen LogP contribution in [0, 0.1) is 22.2 Å². The molecular formula is C47H80O2. The topological polar surface area (TPSA) is 29.5 Å². The van der Waals surface area contributed by atoms with Crippen molar-refractivity contribution in [2.24, 2.45) is 22.2 Å². The lowest BCUT2D eigenvalue weighted by Crippen LogP contribution is -2.28.